The average Bonchev–Trinajstić information content (AvgIpc) is 3.03. The summed E-state index contributed by atoms with van der Waals surface area (Å²) in [6.45, 7) is 2.88. The summed E-state index contributed by atoms with van der Waals surface area (Å²) in [5, 5.41) is 0. The van der Waals surface area contributed by atoms with E-state index < -0.39 is 11.7 Å². The molecule has 148 valence electrons. The van der Waals surface area contributed by atoms with Crippen molar-refractivity contribution in [1.29, 1.82) is 0 Å². The van der Waals surface area contributed by atoms with Crippen LogP contribution in [0.4, 0.5) is 4.79 Å². The van der Waals surface area contributed by atoms with E-state index in [-0.39, 0.29) is 11.9 Å². The van der Waals surface area contributed by atoms with Crippen molar-refractivity contribution in [2.45, 2.75) is 24.7 Å². The summed E-state index contributed by atoms with van der Waals surface area (Å²) in [6, 6.07) is 5.66. The third kappa shape index (κ3) is 4.39. The van der Waals surface area contributed by atoms with Crippen molar-refractivity contribution in [3.05, 3.63) is 30.1 Å². The van der Waals surface area contributed by atoms with Gasteiger partial charge in [0.05, 0.1) is 18.8 Å². The molecule has 1 aromatic heterocycles. The van der Waals surface area contributed by atoms with Crippen LogP contribution in [0.1, 0.15) is 12.1 Å². The first-order valence-electron chi connectivity index (χ1n) is 9.27. The van der Waals surface area contributed by atoms with Crippen molar-refractivity contribution in [2.24, 2.45) is 0 Å². The minimum Gasteiger partial charge on any atom is -0.357 e. The molecule has 2 fully saturated rings. The molecule has 3 amide bonds. The lowest BCUT2D eigenvalue weighted by Gasteiger charge is -2.43. The molecular weight excluding hydrogens is 346 g/mol. The normalized spacial score (nSPS) is 25.6. The molecule has 0 N–H and O–H groups in total. The lowest BCUT2D eigenvalue weighted by molar-refractivity contribution is -0.174. The number of pyridine rings is 1. The quantitative estimate of drug-likeness (QED) is 0.769. The standard InChI is InChI=1S/C19H29N5O3/c1-21(2)18(26)24-10-8-19(14-24)13-22(3)12-16(27-19)17(25)23(4)11-15-7-5-6-9-20-15/h5-7,9,16H,8,10-14H2,1-4H3/t16-,19-/m1/s1. The van der Waals surface area contributed by atoms with Gasteiger partial charge < -0.3 is 24.3 Å². The number of carbonyl (C=O) groups excluding carboxylic acids is 2. The van der Waals surface area contributed by atoms with Crippen LogP contribution in [-0.4, -0.2) is 103 Å². The topological polar surface area (TPSA) is 69.2 Å². The Bertz CT molecular complexity index is 683. The molecular formula is C19H29N5O3. The van der Waals surface area contributed by atoms with Crippen molar-refractivity contribution in [3.8, 4) is 0 Å². The predicted molar refractivity (Wildman–Crippen MR) is 101 cm³/mol. The number of morpholine rings is 1. The van der Waals surface area contributed by atoms with Crippen LogP contribution in [0.5, 0.6) is 0 Å². The second-order valence-corrected chi connectivity index (χ2v) is 7.85. The number of ether oxygens (including phenoxy) is 1. The number of nitrogens with zero attached hydrogens (tertiary/aromatic N) is 5. The molecule has 27 heavy (non-hydrogen) atoms. The van der Waals surface area contributed by atoms with Crippen LogP contribution in [0.25, 0.3) is 0 Å². The van der Waals surface area contributed by atoms with E-state index in [1.165, 1.54) is 0 Å². The summed E-state index contributed by atoms with van der Waals surface area (Å²) in [5.74, 6) is -0.0519. The van der Waals surface area contributed by atoms with Gasteiger partial charge in [-0.2, -0.15) is 0 Å². The lowest BCUT2D eigenvalue weighted by Crippen LogP contribution is -2.59. The summed E-state index contributed by atoms with van der Waals surface area (Å²) >= 11 is 0. The SMILES string of the molecule is CN1C[C@H](C(=O)N(C)Cc2ccccn2)O[C@]2(CCN(C(=O)N(C)C)C2)C1. The largest absolute Gasteiger partial charge is 0.357 e. The van der Waals surface area contributed by atoms with Gasteiger partial charge in [0, 0.05) is 47.0 Å². The number of hydrogen-bond acceptors (Lipinski definition) is 5. The van der Waals surface area contributed by atoms with E-state index in [1.54, 1.807) is 42.0 Å². The molecule has 1 aromatic rings. The number of likely N-dealkylation sites (tertiary alicyclic amines) is 1. The van der Waals surface area contributed by atoms with Crippen molar-refractivity contribution < 1.29 is 14.3 Å². The highest BCUT2D eigenvalue weighted by molar-refractivity contribution is 5.81. The van der Waals surface area contributed by atoms with E-state index in [0.717, 1.165) is 18.7 Å². The van der Waals surface area contributed by atoms with E-state index in [0.29, 0.717) is 26.2 Å². The Kier molecular flexibility index (Phi) is 5.67. The highest BCUT2D eigenvalue weighted by atomic mass is 16.5. The third-order valence-corrected chi connectivity index (χ3v) is 5.17. The average molecular weight is 375 g/mol. The molecule has 8 heteroatoms. The maximum absolute atomic E-state index is 13.0. The van der Waals surface area contributed by atoms with Crippen LogP contribution < -0.4 is 0 Å². The van der Waals surface area contributed by atoms with Gasteiger partial charge in [-0.3, -0.25) is 9.78 Å². The molecule has 0 radical (unpaired) electrons. The van der Waals surface area contributed by atoms with Crippen LogP contribution in [0.2, 0.25) is 0 Å². The fourth-order valence-corrected chi connectivity index (χ4v) is 3.92. The second-order valence-electron chi connectivity index (χ2n) is 7.85. The molecule has 2 atom stereocenters. The van der Waals surface area contributed by atoms with Gasteiger partial charge in [0.15, 0.2) is 0 Å². The highest BCUT2D eigenvalue weighted by Crippen LogP contribution is 2.32. The molecule has 0 unspecified atom stereocenters. The number of amides is 3. The Hall–Kier alpha value is -2.19. The third-order valence-electron chi connectivity index (χ3n) is 5.17. The predicted octanol–water partition coefficient (Wildman–Crippen LogP) is 0.497. The highest BCUT2D eigenvalue weighted by Gasteiger charge is 2.48. The molecule has 0 aliphatic carbocycles. The molecule has 8 nitrogen and oxygen atoms in total. The van der Waals surface area contributed by atoms with Gasteiger partial charge >= 0.3 is 6.03 Å². The zero-order chi connectivity index (χ0) is 19.6. The van der Waals surface area contributed by atoms with Crippen LogP contribution in [0.3, 0.4) is 0 Å². The molecule has 3 rings (SSSR count). The Morgan fingerprint density at radius 2 is 2.07 bits per heavy atom. The molecule has 0 bridgehead atoms. The van der Waals surface area contributed by atoms with Gasteiger partial charge in [-0.05, 0) is 25.6 Å². The first kappa shape index (κ1) is 19.6. The van der Waals surface area contributed by atoms with Crippen molar-refractivity contribution in [3.63, 3.8) is 0 Å². The smallest absolute Gasteiger partial charge is 0.319 e. The van der Waals surface area contributed by atoms with Crippen LogP contribution >= 0.6 is 0 Å². The lowest BCUT2D eigenvalue weighted by atomic mass is 9.99. The molecule has 1 spiro atoms. The number of rotatable bonds is 3. The summed E-state index contributed by atoms with van der Waals surface area (Å²) in [6.07, 6.45) is 1.93. The summed E-state index contributed by atoms with van der Waals surface area (Å²) in [7, 11) is 7.28. The number of hydrogen-bond donors (Lipinski definition) is 0. The fraction of sp³-hybridized carbons (Fsp3) is 0.632. The van der Waals surface area contributed by atoms with Crippen molar-refractivity contribution >= 4 is 11.9 Å². The van der Waals surface area contributed by atoms with Gasteiger partial charge in [-0.15, -0.1) is 0 Å². The molecule has 2 aliphatic heterocycles. The fourth-order valence-electron chi connectivity index (χ4n) is 3.92. The van der Waals surface area contributed by atoms with Crippen molar-refractivity contribution in [1.82, 2.24) is 24.6 Å². The first-order valence-corrected chi connectivity index (χ1v) is 9.27. The number of likely N-dealkylation sites (N-methyl/N-ethyl adjacent to an activating group) is 2. The van der Waals surface area contributed by atoms with Crippen LogP contribution in [0.15, 0.2) is 24.4 Å². The monoisotopic (exact) mass is 375 g/mol. The summed E-state index contributed by atoms with van der Waals surface area (Å²) in [4.78, 5) is 36.7. The van der Waals surface area contributed by atoms with Gasteiger partial charge in [0.2, 0.25) is 0 Å². The van der Waals surface area contributed by atoms with E-state index >= 15 is 0 Å². The molecule has 2 aliphatic rings. The Labute approximate surface area is 160 Å². The first-order chi connectivity index (χ1) is 12.8. The van der Waals surface area contributed by atoms with Gasteiger partial charge in [-0.1, -0.05) is 6.07 Å². The van der Waals surface area contributed by atoms with E-state index in [9.17, 15) is 9.59 Å². The molecule has 0 saturated carbocycles. The Balaban J connectivity index is 1.66. The Morgan fingerprint density at radius 3 is 2.74 bits per heavy atom. The zero-order valence-electron chi connectivity index (χ0n) is 16.6. The molecule has 0 aromatic carbocycles. The van der Waals surface area contributed by atoms with Gasteiger partial charge in [0.25, 0.3) is 5.91 Å². The van der Waals surface area contributed by atoms with E-state index in [2.05, 4.69) is 9.88 Å². The maximum Gasteiger partial charge on any atom is 0.319 e. The minimum absolute atomic E-state index is 0.0150. The van der Waals surface area contributed by atoms with E-state index in [4.69, 9.17) is 4.74 Å². The maximum atomic E-state index is 13.0. The number of urea groups is 1. The zero-order valence-corrected chi connectivity index (χ0v) is 16.6. The minimum atomic E-state index is -0.535. The Morgan fingerprint density at radius 1 is 1.30 bits per heavy atom. The van der Waals surface area contributed by atoms with Crippen LogP contribution in [0, 0.1) is 0 Å². The molecule has 3 heterocycles. The van der Waals surface area contributed by atoms with E-state index in [1.807, 2.05) is 25.2 Å². The van der Waals surface area contributed by atoms with Gasteiger partial charge in [-0.25, -0.2) is 4.79 Å². The van der Waals surface area contributed by atoms with Crippen LogP contribution in [-0.2, 0) is 16.1 Å². The summed E-state index contributed by atoms with van der Waals surface area (Å²) < 4.78 is 6.32. The number of aromatic nitrogens is 1. The molecule has 2 saturated heterocycles. The van der Waals surface area contributed by atoms with Crippen molar-refractivity contribution in [2.75, 3.05) is 54.4 Å². The van der Waals surface area contributed by atoms with Gasteiger partial charge in [0.1, 0.15) is 11.7 Å². The summed E-state index contributed by atoms with van der Waals surface area (Å²) in [5.41, 5.74) is 0.362. The number of carbonyl (C=O) groups is 2. The second kappa shape index (κ2) is 7.82.